The van der Waals surface area contributed by atoms with Crippen LogP contribution in [0.25, 0.3) is 0 Å². The van der Waals surface area contributed by atoms with Crippen LogP contribution in [0.5, 0.6) is 0 Å². The Morgan fingerprint density at radius 3 is 2.79 bits per heavy atom. The molecule has 0 saturated heterocycles. The summed E-state index contributed by atoms with van der Waals surface area (Å²) >= 11 is 3.51. The number of hydrogen-bond donors (Lipinski definition) is 0. The first-order valence-electron chi connectivity index (χ1n) is 9.45. The minimum atomic E-state index is -0.142. The predicted molar refractivity (Wildman–Crippen MR) is 115 cm³/mol. The van der Waals surface area contributed by atoms with Crippen LogP contribution < -0.4 is 4.90 Å². The fraction of sp³-hybridized carbons (Fsp3) is 0.273. The van der Waals surface area contributed by atoms with Crippen LogP contribution in [0.3, 0.4) is 0 Å². The van der Waals surface area contributed by atoms with Crippen molar-refractivity contribution in [3.8, 4) is 0 Å². The number of aromatic nitrogens is 2. The predicted octanol–water partition coefficient (Wildman–Crippen LogP) is 4.80. The van der Waals surface area contributed by atoms with Gasteiger partial charge in [0.1, 0.15) is 17.5 Å². The van der Waals surface area contributed by atoms with Crippen LogP contribution in [-0.2, 0) is 13.0 Å². The van der Waals surface area contributed by atoms with E-state index in [-0.39, 0.29) is 11.7 Å². The summed E-state index contributed by atoms with van der Waals surface area (Å²) in [7, 11) is 3.56. The van der Waals surface area contributed by atoms with Gasteiger partial charge < -0.3 is 9.47 Å². The van der Waals surface area contributed by atoms with E-state index >= 15 is 0 Å². The zero-order valence-corrected chi connectivity index (χ0v) is 18.0. The Bertz CT molecular complexity index is 1070. The van der Waals surface area contributed by atoms with E-state index in [0.717, 1.165) is 21.4 Å². The van der Waals surface area contributed by atoms with Gasteiger partial charge in [0.05, 0.1) is 0 Å². The minimum absolute atomic E-state index is 0.112. The summed E-state index contributed by atoms with van der Waals surface area (Å²) in [6.45, 7) is 4.49. The van der Waals surface area contributed by atoms with Gasteiger partial charge in [0.2, 0.25) is 0 Å². The Balaban J connectivity index is 1.82. The molecule has 0 fully saturated rings. The molecule has 0 saturated carbocycles. The molecule has 0 radical (unpaired) electrons. The second kappa shape index (κ2) is 7.63. The highest BCUT2D eigenvalue weighted by Crippen LogP contribution is 2.33. The Hall–Kier alpha value is -2.67. The lowest BCUT2D eigenvalue weighted by atomic mass is 10.0. The summed E-state index contributed by atoms with van der Waals surface area (Å²) in [6.07, 6.45) is 5.21. The van der Waals surface area contributed by atoms with Crippen molar-refractivity contribution in [2.75, 3.05) is 19.0 Å². The Kier molecular flexibility index (Phi) is 5.17. The van der Waals surface area contributed by atoms with Crippen LogP contribution in [-0.4, -0.2) is 34.5 Å². The van der Waals surface area contributed by atoms with Crippen molar-refractivity contribution < 1.29 is 9.18 Å². The number of amides is 1. The van der Waals surface area contributed by atoms with Crippen molar-refractivity contribution in [1.29, 1.82) is 0 Å². The second-order valence-electron chi connectivity index (χ2n) is 7.34. The van der Waals surface area contributed by atoms with E-state index < -0.39 is 0 Å². The number of carbonyl (C=O) groups is 1. The van der Waals surface area contributed by atoms with Gasteiger partial charge in [0.15, 0.2) is 11.5 Å². The van der Waals surface area contributed by atoms with Crippen molar-refractivity contribution >= 4 is 27.7 Å². The zero-order chi connectivity index (χ0) is 20.7. The number of imidazole rings is 1. The maximum absolute atomic E-state index is 13.8. The number of anilines is 1. The van der Waals surface area contributed by atoms with Gasteiger partial charge in [-0.25, -0.2) is 9.37 Å². The highest BCUT2D eigenvalue weighted by atomic mass is 79.9. The quantitative estimate of drug-likeness (QED) is 0.662. The van der Waals surface area contributed by atoms with Gasteiger partial charge >= 0.3 is 0 Å². The number of allylic oxidation sites excluding steroid dienone is 4. The van der Waals surface area contributed by atoms with Crippen molar-refractivity contribution in [3.63, 3.8) is 0 Å². The van der Waals surface area contributed by atoms with Crippen LogP contribution in [0.15, 0.2) is 64.7 Å². The molecule has 0 atom stereocenters. The van der Waals surface area contributed by atoms with Crippen LogP contribution in [0.1, 0.15) is 34.7 Å². The van der Waals surface area contributed by atoms with Gasteiger partial charge in [-0.15, -0.1) is 0 Å². The lowest BCUT2D eigenvalue weighted by molar-refractivity contribution is 0.0815. The van der Waals surface area contributed by atoms with Gasteiger partial charge in [-0.3, -0.25) is 9.69 Å². The molecule has 150 valence electrons. The maximum Gasteiger partial charge on any atom is 0.279 e. The van der Waals surface area contributed by atoms with Crippen LogP contribution in [0.2, 0.25) is 0 Å². The molecule has 1 amide bonds. The summed E-state index contributed by atoms with van der Waals surface area (Å²) < 4.78 is 16.7. The third kappa shape index (κ3) is 3.67. The number of nitrogens with zero attached hydrogens (tertiary/aromatic N) is 4. The van der Waals surface area contributed by atoms with Gasteiger partial charge in [-0.1, -0.05) is 40.7 Å². The molecule has 1 aromatic heterocycles. The summed E-state index contributed by atoms with van der Waals surface area (Å²) in [4.78, 5) is 21.2. The van der Waals surface area contributed by atoms with Crippen molar-refractivity contribution in [3.05, 3.63) is 81.8 Å². The van der Waals surface area contributed by atoms with Gasteiger partial charge in [-0.2, -0.15) is 0 Å². The molecule has 4 rings (SSSR count). The van der Waals surface area contributed by atoms with Gasteiger partial charge in [0, 0.05) is 38.0 Å². The lowest BCUT2D eigenvalue weighted by Gasteiger charge is -2.33. The average Bonchev–Trinajstić information content (AvgIpc) is 3.03. The molecular weight excluding hydrogens is 435 g/mol. The first-order chi connectivity index (χ1) is 13.8. The summed E-state index contributed by atoms with van der Waals surface area (Å²) in [6, 6.07) is 7.96. The molecule has 0 unspecified atom stereocenters. The average molecular weight is 457 g/mol. The number of halogens is 2. The SMILES string of the molecule is C=C1N(C)C(=O)c2c(nc(CC3=CCCC(F)=C3)n2Cc2cccc(Br)c2)N1C. The smallest absolute Gasteiger partial charge is 0.279 e. The molecule has 2 aliphatic rings. The van der Waals surface area contributed by atoms with E-state index in [9.17, 15) is 9.18 Å². The summed E-state index contributed by atoms with van der Waals surface area (Å²) in [5.74, 6) is 1.64. The monoisotopic (exact) mass is 456 g/mol. The fourth-order valence-corrected chi connectivity index (χ4v) is 4.16. The molecule has 7 heteroatoms. The standard InChI is InChI=1S/C22H22BrFN4O/c1-14-26(2)21-20(22(29)27(14)3)28(13-16-7-4-8-17(23)10-16)19(25-21)12-15-6-5-9-18(24)11-15/h4,6-8,10-11H,1,5,9,12-13H2,2-3H3. The van der Waals surface area contributed by atoms with E-state index in [2.05, 4.69) is 22.5 Å². The molecule has 2 aromatic rings. The highest BCUT2D eigenvalue weighted by Gasteiger charge is 2.35. The molecule has 1 aliphatic heterocycles. The highest BCUT2D eigenvalue weighted by molar-refractivity contribution is 9.10. The summed E-state index contributed by atoms with van der Waals surface area (Å²) in [5.41, 5.74) is 2.45. The number of rotatable bonds is 4. The van der Waals surface area contributed by atoms with Crippen molar-refractivity contribution in [2.45, 2.75) is 25.8 Å². The number of hydrogen-bond acceptors (Lipinski definition) is 3. The van der Waals surface area contributed by atoms with E-state index in [1.807, 2.05) is 46.9 Å². The first-order valence-corrected chi connectivity index (χ1v) is 10.2. The van der Waals surface area contributed by atoms with Gasteiger partial charge in [0.25, 0.3) is 5.91 Å². The minimum Gasteiger partial charge on any atom is -0.317 e. The van der Waals surface area contributed by atoms with Crippen LogP contribution in [0.4, 0.5) is 10.2 Å². The number of benzene rings is 1. The van der Waals surface area contributed by atoms with E-state index in [1.165, 1.54) is 4.90 Å². The number of fused-ring (bicyclic) bond motifs is 1. The molecule has 29 heavy (non-hydrogen) atoms. The molecule has 0 N–H and O–H groups in total. The molecule has 0 bridgehead atoms. The van der Waals surface area contributed by atoms with Gasteiger partial charge in [-0.05, 0) is 35.8 Å². The number of carbonyl (C=O) groups excluding carboxylic acids is 1. The lowest BCUT2D eigenvalue weighted by Crippen LogP contribution is -2.41. The molecule has 0 spiro atoms. The molecule has 1 aromatic carbocycles. The topological polar surface area (TPSA) is 41.4 Å². The molecule has 2 heterocycles. The largest absolute Gasteiger partial charge is 0.317 e. The maximum atomic E-state index is 13.8. The van der Waals surface area contributed by atoms with E-state index in [1.54, 1.807) is 13.1 Å². The van der Waals surface area contributed by atoms with Crippen LogP contribution >= 0.6 is 15.9 Å². The normalized spacial score (nSPS) is 16.7. The third-order valence-electron chi connectivity index (χ3n) is 5.35. The van der Waals surface area contributed by atoms with Crippen molar-refractivity contribution in [2.24, 2.45) is 0 Å². The summed E-state index contributed by atoms with van der Waals surface area (Å²) in [5, 5.41) is 0. The second-order valence-corrected chi connectivity index (χ2v) is 8.26. The van der Waals surface area contributed by atoms with E-state index in [0.29, 0.717) is 43.1 Å². The van der Waals surface area contributed by atoms with Crippen LogP contribution in [0, 0.1) is 0 Å². The first kappa shape index (κ1) is 19.6. The zero-order valence-electron chi connectivity index (χ0n) is 16.5. The Morgan fingerprint density at radius 1 is 1.28 bits per heavy atom. The third-order valence-corrected chi connectivity index (χ3v) is 5.84. The van der Waals surface area contributed by atoms with Crippen molar-refractivity contribution in [1.82, 2.24) is 14.5 Å². The Morgan fingerprint density at radius 2 is 2.07 bits per heavy atom. The molecule has 5 nitrogen and oxygen atoms in total. The molecular formula is C22H22BrFN4O. The fourth-order valence-electron chi connectivity index (χ4n) is 3.71. The molecule has 1 aliphatic carbocycles. The Labute approximate surface area is 178 Å². The van der Waals surface area contributed by atoms with E-state index in [4.69, 9.17) is 4.98 Å².